The summed E-state index contributed by atoms with van der Waals surface area (Å²) in [6.45, 7) is 5.97. The first kappa shape index (κ1) is 22.9. The highest BCUT2D eigenvalue weighted by atomic mass is 16.7. The van der Waals surface area contributed by atoms with Gasteiger partial charge >= 0.3 is 0 Å². The summed E-state index contributed by atoms with van der Waals surface area (Å²) >= 11 is 0. The van der Waals surface area contributed by atoms with Gasteiger partial charge in [-0.15, -0.1) is 0 Å². The minimum Gasteiger partial charge on any atom is -0.482 e. The standard InChI is InChI=1S/C24H36O7/c1-23-12-10-19(26)22(18(23)8-9-20(23)31-21-7-3-4-13-27-21)28-16-17(25)6-5-11-24(2)29-14-15-30-24/h20-21H,3-16H2,1-2H3/t20-,21?,23-/m0/s1. The summed E-state index contributed by atoms with van der Waals surface area (Å²) in [4.78, 5) is 25.0. The number of allylic oxidation sites excluding steroid dienone is 1. The van der Waals surface area contributed by atoms with Crippen molar-refractivity contribution in [2.24, 2.45) is 5.41 Å². The molecule has 2 heterocycles. The zero-order valence-electron chi connectivity index (χ0n) is 18.9. The van der Waals surface area contributed by atoms with Gasteiger partial charge in [-0.25, -0.2) is 0 Å². The summed E-state index contributed by atoms with van der Waals surface area (Å²) in [6, 6.07) is 0. The molecular weight excluding hydrogens is 400 g/mol. The Labute approximate surface area is 184 Å². The third-order valence-corrected chi connectivity index (χ3v) is 7.27. The summed E-state index contributed by atoms with van der Waals surface area (Å²) < 4.78 is 29.1. The Morgan fingerprint density at radius 2 is 1.90 bits per heavy atom. The third kappa shape index (κ3) is 5.21. The number of Topliss-reactive ketones (excluding diaryl/α,β-unsaturated/α-hetero) is 2. The van der Waals surface area contributed by atoms with Crippen LogP contribution in [0.5, 0.6) is 0 Å². The smallest absolute Gasteiger partial charge is 0.197 e. The molecule has 2 saturated heterocycles. The van der Waals surface area contributed by atoms with Gasteiger partial charge < -0.3 is 23.7 Å². The Kier molecular flexibility index (Phi) is 7.16. The van der Waals surface area contributed by atoms with Crippen molar-refractivity contribution in [1.29, 1.82) is 0 Å². The molecule has 0 bridgehead atoms. The van der Waals surface area contributed by atoms with E-state index in [1.807, 2.05) is 6.92 Å². The van der Waals surface area contributed by atoms with Crippen molar-refractivity contribution in [2.75, 3.05) is 26.4 Å². The molecule has 4 aliphatic rings. The van der Waals surface area contributed by atoms with Gasteiger partial charge in [0.05, 0.1) is 19.3 Å². The molecule has 0 radical (unpaired) electrons. The van der Waals surface area contributed by atoms with E-state index in [1.54, 1.807) is 0 Å². The second-order valence-corrected chi connectivity index (χ2v) is 9.62. The number of hydrogen-bond acceptors (Lipinski definition) is 7. The Bertz CT molecular complexity index is 703. The molecule has 4 rings (SSSR count). The van der Waals surface area contributed by atoms with Crippen LogP contribution in [-0.2, 0) is 33.3 Å². The molecule has 7 heteroatoms. The first-order valence-electron chi connectivity index (χ1n) is 11.9. The van der Waals surface area contributed by atoms with E-state index in [9.17, 15) is 9.59 Å². The number of carbonyl (C=O) groups is 2. The molecule has 174 valence electrons. The molecule has 0 aromatic carbocycles. The van der Waals surface area contributed by atoms with E-state index in [4.69, 9.17) is 23.7 Å². The maximum Gasteiger partial charge on any atom is 0.197 e. The first-order valence-corrected chi connectivity index (χ1v) is 11.9. The predicted octanol–water partition coefficient (Wildman–Crippen LogP) is 3.83. The average molecular weight is 437 g/mol. The van der Waals surface area contributed by atoms with Crippen LogP contribution in [0.3, 0.4) is 0 Å². The van der Waals surface area contributed by atoms with Gasteiger partial charge in [-0.3, -0.25) is 9.59 Å². The number of ketones is 2. The van der Waals surface area contributed by atoms with Gasteiger partial charge in [0.1, 0.15) is 6.61 Å². The average Bonchev–Trinajstić information content (AvgIpc) is 3.33. The monoisotopic (exact) mass is 436 g/mol. The van der Waals surface area contributed by atoms with Gasteiger partial charge in [-0.1, -0.05) is 6.92 Å². The van der Waals surface area contributed by atoms with Gasteiger partial charge in [0.15, 0.2) is 29.4 Å². The lowest BCUT2D eigenvalue weighted by atomic mass is 9.73. The Morgan fingerprint density at radius 3 is 2.65 bits per heavy atom. The number of hydrogen-bond donors (Lipinski definition) is 0. The summed E-state index contributed by atoms with van der Waals surface area (Å²) in [5.41, 5.74) is 0.802. The number of ether oxygens (including phenoxy) is 5. The Hall–Kier alpha value is -1.28. The molecule has 0 aromatic heterocycles. The van der Waals surface area contributed by atoms with Crippen molar-refractivity contribution >= 4 is 11.6 Å². The van der Waals surface area contributed by atoms with Crippen LogP contribution in [0.25, 0.3) is 0 Å². The van der Waals surface area contributed by atoms with E-state index >= 15 is 0 Å². The summed E-state index contributed by atoms with van der Waals surface area (Å²) in [7, 11) is 0. The molecule has 0 N–H and O–H groups in total. The van der Waals surface area contributed by atoms with Crippen LogP contribution < -0.4 is 0 Å². The highest BCUT2D eigenvalue weighted by molar-refractivity contribution is 5.96. The number of fused-ring (bicyclic) bond motifs is 1. The number of carbonyl (C=O) groups excluding carboxylic acids is 2. The van der Waals surface area contributed by atoms with Crippen molar-refractivity contribution < 1.29 is 33.3 Å². The summed E-state index contributed by atoms with van der Waals surface area (Å²) in [6.07, 6.45) is 7.59. The van der Waals surface area contributed by atoms with Gasteiger partial charge in [0.25, 0.3) is 0 Å². The van der Waals surface area contributed by atoms with E-state index in [-0.39, 0.29) is 36.0 Å². The fourth-order valence-electron chi connectivity index (χ4n) is 5.33. The SMILES string of the molecule is CC1(CCCC(=O)COC2=C3CC[C@H](OC4CCCCO4)[C@@]3(C)CCC2=O)OCCO1. The molecule has 1 unspecified atom stereocenters. The first-order chi connectivity index (χ1) is 14.9. The summed E-state index contributed by atoms with van der Waals surface area (Å²) in [5.74, 6) is -0.160. The Balaban J connectivity index is 1.32. The van der Waals surface area contributed by atoms with Crippen molar-refractivity contribution in [2.45, 2.75) is 96.2 Å². The van der Waals surface area contributed by atoms with Gasteiger partial charge in [-0.2, -0.15) is 0 Å². The molecule has 0 aromatic rings. The van der Waals surface area contributed by atoms with Crippen molar-refractivity contribution in [3.8, 4) is 0 Å². The lowest BCUT2D eigenvalue weighted by molar-refractivity contribution is -0.203. The van der Waals surface area contributed by atoms with Crippen LogP contribution in [0.4, 0.5) is 0 Å². The topological polar surface area (TPSA) is 80.3 Å². The van der Waals surface area contributed by atoms with Crippen LogP contribution in [0, 0.1) is 5.41 Å². The van der Waals surface area contributed by atoms with Crippen LogP contribution in [-0.4, -0.2) is 56.2 Å². The molecule has 3 atom stereocenters. The molecular formula is C24H36O7. The second kappa shape index (κ2) is 9.69. The van der Waals surface area contributed by atoms with Crippen LogP contribution in [0.1, 0.15) is 78.1 Å². The highest BCUT2D eigenvalue weighted by Gasteiger charge is 2.50. The lowest BCUT2D eigenvalue weighted by Gasteiger charge is -2.38. The van der Waals surface area contributed by atoms with Crippen molar-refractivity contribution in [3.05, 3.63) is 11.3 Å². The minimum absolute atomic E-state index is 0.00354. The molecule has 31 heavy (non-hydrogen) atoms. The normalized spacial score (nSPS) is 32.9. The maximum atomic E-state index is 12.6. The van der Waals surface area contributed by atoms with E-state index in [1.165, 1.54) is 0 Å². The van der Waals surface area contributed by atoms with Crippen molar-refractivity contribution in [3.63, 3.8) is 0 Å². The fourth-order valence-corrected chi connectivity index (χ4v) is 5.33. The minimum atomic E-state index is -0.576. The number of rotatable bonds is 9. The van der Waals surface area contributed by atoms with E-state index in [0.717, 1.165) is 50.7 Å². The molecule has 3 fully saturated rings. The quantitative estimate of drug-likeness (QED) is 0.543. The van der Waals surface area contributed by atoms with E-state index in [2.05, 4.69) is 6.92 Å². The zero-order valence-corrected chi connectivity index (χ0v) is 18.9. The second-order valence-electron chi connectivity index (χ2n) is 9.62. The Morgan fingerprint density at radius 1 is 1.10 bits per heavy atom. The van der Waals surface area contributed by atoms with Crippen molar-refractivity contribution in [1.82, 2.24) is 0 Å². The molecule has 0 spiro atoms. The van der Waals surface area contributed by atoms with Crippen LogP contribution in [0.2, 0.25) is 0 Å². The summed E-state index contributed by atoms with van der Waals surface area (Å²) in [5, 5.41) is 0. The largest absolute Gasteiger partial charge is 0.482 e. The molecule has 1 saturated carbocycles. The van der Waals surface area contributed by atoms with Crippen LogP contribution >= 0.6 is 0 Å². The van der Waals surface area contributed by atoms with Gasteiger partial charge in [-0.05, 0) is 57.4 Å². The molecule has 2 aliphatic heterocycles. The zero-order chi connectivity index (χ0) is 21.9. The van der Waals surface area contributed by atoms with Crippen LogP contribution in [0.15, 0.2) is 11.3 Å². The third-order valence-electron chi connectivity index (χ3n) is 7.27. The fraction of sp³-hybridized carbons (Fsp3) is 0.833. The highest BCUT2D eigenvalue weighted by Crippen LogP contribution is 2.52. The van der Waals surface area contributed by atoms with Gasteiger partial charge in [0, 0.05) is 31.3 Å². The van der Waals surface area contributed by atoms with E-state index in [0.29, 0.717) is 44.7 Å². The maximum absolute atomic E-state index is 12.6. The molecule has 0 amide bonds. The molecule has 2 aliphatic carbocycles. The van der Waals surface area contributed by atoms with Gasteiger partial charge in [0.2, 0.25) is 0 Å². The van der Waals surface area contributed by atoms with E-state index < -0.39 is 5.79 Å². The molecule has 7 nitrogen and oxygen atoms in total. The lowest BCUT2D eigenvalue weighted by Crippen LogP contribution is -2.39. The predicted molar refractivity (Wildman–Crippen MR) is 112 cm³/mol.